The van der Waals surface area contributed by atoms with Crippen molar-refractivity contribution in [2.75, 3.05) is 6.61 Å². The number of fused-ring (bicyclic) bond motifs is 1. The molecule has 3 aromatic rings. The summed E-state index contributed by atoms with van der Waals surface area (Å²) in [6, 6.07) is 10.00. The Labute approximate surface area is 129 Å². The molecule has 0 fully saturated rings. The molecule has 0 amide bonds. The molecule has 114 valence electrons. The van der Waals surface area contributed by atoms with Crippen molar-refractivity contribution in [1.29, 1.82) is 0 Å². The van der Waals surface area contributed by atoms with E-state index in [9.17, 15) is 0 Å². The maximum absolute atomic E-state index is 5.71. The number of ether oxygens (including phenoxy) is 1. The molecule has 0 N–H and O–H groups in total. The second kappa shape index (κ2) is 6.23. The molecular weight excluding hydrogens is 278 g/mol. The molecule has 0 unspecified atom stereocenters. The van der Waals surface area contributed by atoms with Gasteiger partial charge < -0.3 is 9.26 Å². The number of benzene rings is 1. The minimum atomic E-state index is -0.193. The Morgan fingerprint density at radius 2 is 2.00 bits per heavy atom. The van der Waals surface area contributed by atoms with Crippen LogP contribution in [0.25, 0.3) is 22.3 Å². The van der Waals surface area contributed by atoms with Gasteiger partial charge in [0.25, 0.3) is 5.89 Å². The SMILES string of the molecule is CCO[C@H](c1nc(-c2nccc3ccccc23)no1)C(C)C. The van der Waals surface area contributed by atoms with Crippen molar-refractivity contribution in [2.24, 2.45) is 5.92 Å². The maximum Gasteiger partial charge on any atom is 0.256 e. The van der Waals surface area contributed by atoms with E-state index in [-0.39, 0.29) is 12.0 Å². The molecule has 0 aliphatic rings. The topological polar surface area (TPSA) is 61.0 Å². The van der Waals surface area contributed by atoms with Crippen LogP contribution >= 0.6 is 0 Å². The lowest BCUT2D eigenvalue weighted by atomic mass is 10.1. The number of nitrogens with zero attached hydrogens (tertiary/aromatic N) is 3. The second-order valence-electron chi connectivity index (χ2n) is 5.46. The first-order valence-electron chi connectivity index (χ1n) is 7.50. The van der Waals surface area contributed by atoms with Crippen LogP contribution in [0.3, 0.4) is 0 Å². The van der Waals surface area contributed by atoms with E-state index in [0.29, 0.717) is 18.3 Å². The van der Waals surface area contributed by atoms with Crippen LogP contribution in [0.4, 0.5) is 0 Å². The molecule has 0 aliphatic heterocycles. The molecule has 0 saturated heterocycles. The van der Waals surface area contributed by atoms with Crippen LogP contribution in [-0.2, 0) is 4.74 Å². The van der Waals surface area contributed by atoms with Gasteiger partial charge in [0.15, 0.2) is 0 Å². The minimum Gasteiger partial charge on any atom is -0.368 e. The van der Waals surface area contributed by atoms with Crippen LogP contribution in [-0.4, -0.2) is 21.7 Å². The average Bonchev–Trinajstić information content (AvgIpc) is 3.01. The van der Waals surface area contributed by atoms with Gasteiger partial charge in [-0.25, -0.2) is 0 Å². The highest BCUT2D eigenvalue weighted by Gasteiger charge is 2.24. The third-order valence-electron chi connectivity index (χ3n) is 3.52. The zero-order chi connectivity index (χ0) is 15.5. The van der Waals surface area contributed by atoms with Crippen molar-refractivity contribution in [1.82, 2.24) is 15.1 Å². The molecule has 1 atom stereocenters. The summed E-state index contributed by atoms with van der Waals surface area (Å²) in [6.45, 7) is 6.70. The summed E-state index contributed by atoms with van der Waals surface area (Å²) in [4.78, 5) is 8.92. The summed E-state index contributed by atoms with van der Waals surface area (Å²) in [6.07, 6.45) is 1.57. The van der Waals surface area contributed by atoms with Crippen molar-refractivity contribution in [3.05, 3.63) is 42.4 Å². The fraction of sp³-hybridized carbons (Fsp3) is 0.353. The van der Waals surface area contributed by atoms with Gasteiger partial charge in [0.05, 0.1) is 0 Å². The summed E-state index contributed by atoms with van der Waals surface area (Å²) in [5.41, 5.74) is 0.729. The predicted molar refractivity (Wildman–Crippen MR) is 84.2 cm³/mol. The van der Waals surface area contributed by atoms with Crippen LogP contribution in [0, 0.1) is 5.92 Å². The highest BCUT2D eigenvalue weighted by molar-refractivity contribution is 5.92. The largest absolute Gasteiger partial charge is 0.368 e. The Morgan fingerprint density at radius 1 is 1.18 bits per heavy atom. The van der Waals surface area contributed by atoms with Gasteiger partial charge in [0, 0.05) is 18.2 Å². The predicted octanol–water partition coefficient (Wildman–Crippen LogP) is 4.02. The Hall–Kier alpha value is -2.27. The first kappa shape index (κ1) is 14.7. The van der Waals surface area contributed by atoms with Gasteiger partial charge in [-0.1, -0.05) is 43.3 Å². The Bertz CT molecular complexity index is 762. The summed E-state index contributed by atoms with van der Waals surface area (Å²) in [7, 11) is 0. The first-order valence-corrected chi connectivity index (χ1v) is 7.50. The monoisotopic (exact) mass is 297 g/mol. The van der Waals surface area contributed by atoms with E-state index in [1.165, 1.54) is 0 Å². The lowest BCUT2D eigenvalue weighted by molar-refractivity contribution is 0.00701. The van der Waals surface area contributed by atoms with Gasteiger partial charge in [-0.05, 0) is 24.3 Å². The van der Waals surface area contributed by atoms with E-state index in [4.69, 9.17) is 9.26 Å². The van der Waals surface area contributed by atoms with Crippen molar-refractivity contribution < 1.29 is 9.26 Å². The molecule has 0 bridgehead atoms. The lowest BCUT2D eigenvalue weighted by Crippen LogP contribution is -2.11. The third kappa shape index (κ3) is 2.72. The normalized spacial score (nSPS) is 12.9. The van der Waals surface area contributed by atoms with Crippen molar-refractivity contribution in [3.8, 4) is 11.5 Å². The highest BCUT2D eigenvalue weighted by atomic mass is 16.5. The molecule has 5 heteroatoms. The van der Waals surface area contributed by atoms with Gasteiger partial charge in [-0.2, -0.15) is 4.98 Å². The molecular formula is C17H19N3O2. The van der Waals surface area contributed by atoms with Gasteiger partial charge >= 0.3 is 0 Å². The molecule has 1 aromatic carbocycles. The van der Waals surface area contributed by atoms with Crippen LogP contribution < -0.4 is 0 Å². The Kier molecular flexibility index (Phi) is 4.15. The summed E-state index contributed by atoms with van der Waals surface area (Å²) in [5, 5.41) is 6.20. The summed E-state index contributed by atoms with van der Waals surface area (Å²) in [5.74, 6) is 1.26. The van der Waals surface area contributed by atoms with Crippen LogP contribution in [0.15, 0.2) is 41.1 Å². The summed E-state index contributed by atoms with van der Waals surface area (Å²) < 4.78 is 11.1. The minimum absolute atomic E-state index is 0.193. The fourth-order valence-electron chi connectivity index (χ4n) is 2.47. The quantitative estimate of drug-likeness (QED) is 0.712. The molecule has 22 heavy (non-hydrogen) atoms. The lowest BCUT2D eigenvalue weighted by Gasteiger charge is -2.15. The van der Waals surface area contributed by atoms with Gasteiger partial charge in [0.2, 0.25) is 5.82 Å². The Balaban J connectivity index is 2.02. The van der Waals surface area contributed by atoms with Gasteiger partial charge in [-0.3, -0.25) is 4.98 Å². The molecule has 0 saturated carbocycles. The molecule has 2 aromatic heterocycles. The number of hydrogen-bond acceptors (Lipinski definition) is 5. The smallest absolute Gasteiger partial charge is 0.256 e. The van der Waals surface area contributed by atoms with Crippen molar-refractivity contribution in [3.63, 3.8) is 0 Å². The van der Waals surface area contributed by atoms with Crippen molar-refractivity contribution >= 4 is 10.8 Å². The molecule has 3 rings (SSSR count). The number of hydrogen-bond donors (Lipinski definition) is 0. The summed E-state index contributed by atoms with van der Waals surface area (Å²) >= 11 is 0. The highest BCUT2D eigenvalue weighted by Crippen LogP contribution is 2.28. The molecule has 5 nitrogen and oxygen atoms in total. The molecule has 0 spiro atoms. The third-order valence-corrected chi connectivity index (χ3v) is 3.52. The number of rotatable bonds is 5. The maximum atomic E-state index is 5.71. The van der Waals surface area contributed by atoms with Gasteiger partial charge in [-0.15, -0.1) is 0 Å². The van der Waals surface area contributed by atoms with E-state index < -0.39 is 0 Å². The van der Waals surface area contributed by atoms with E-state index in [1.807, 2.05) is 37.3 Å². The van der Waals surface area contributed by atoms with Crippen LogP contribution in [0.2, 0.25) is 0 Å². The van der Waals surface area contributed by atoms with Gasteiger partial charge in [0.1, 0.15) is 11.8 Å². The Morgan fingerprint density at radius 3 is 2.77 bits per heavy atom. The fourth-order valence-corrected chi connectivity index (χ4v) is 2.47. The van der Waals surface area contributed by atoms with Crippen LogP contribution in [0.1, 0.15) is 32.8 Å². The standard InChI is InChI=1S/C17H19N3O2/c1-4-21-15(11(2)3)17-19-16(20-22-17)14-13-8-6-5-7-12(13)9-10-18-14/h5-11,15H,4H2,1-3H3/t15-/m0/s1. The molecule has 0 aliphatic carbocycles. The molecule has 0 radical (unpaired) electrons. The molecule has 2 heterocycles. The second-order valence-corrected chi connectivity index (χ2v) is 5.46. The number of pyridine rings is 1. The van der Waals surface area contributed by atoms with E-state index in [2.05, 4.69) is 29.0 Å². The van der Waals surface area contributed by atoms with E-state index in [0.717, 1.165) is 16.5 Å². The van der Waals surface area contributed by atoms with Crippen molar-refractivity contribution in [2.45, 2.75) is 26.9 Å². The first-order chi connectivity index (χ1) is 10.7. The zero-order valence-electron chi connectivity index (χ0n) is 13.0. The van der Waals surface area contributed by atoms with E-state index in [1.54, 1.807) is 6.20 Å². The number of aromatic nitrogens is 3. The average molecular weight is 297 g/mol. The van der Waals surface area contributed by atoms with E-state index >= 15 is 0 Å². The zero-order valence-corrected chi connectivity index (χ0v) is 13.0. The van der Waals surface area contributed by atoms with Crippen LogP contribution in [0.5, 0.6) is 0 Å².